The minimum atomic E-state index is -0.398. The molecule has 0 unspecified atom stereocenters. The van der Waals surface area contributed by atoms with Gasteiger partial charge in [0.05, 0.1) is 18.6 Å². The minimum absolute atomic E-state index is 0.398. The van der Waals surface area contributed by atoms with E-state index in [1.165, 1.54) is 17.3 Å². The lowest BCUT2D eigenvalue weighted by atomic mass is 10.1. The lowest BCUT2D eigenvalue weighted by molar-refractivity contribution is 0.250. The second kappa shape index (κ2) is 7.62. The first kappa shape index (κ1) is 17.9. The van der Waals surface area contributed by atoms with Gasteiger partial charge in [0.25, 0.3) is 0 Å². The number of anilines is 1. The van der Waals surface area contributed by atoms with E-state index >= 15 is 0 Å². The summed E-state index contributed by atoms with van der Waals surface area (Å²) in [5.74, 6) is 0.552. The molecule has 0 bridgehead atoms. The van der Waals surface area contributed by atoms with Crippen LogP contribution in [-0.4, -0.2) is 38.2 Å². The maximum Gasteiger partial charge on any atom is 0.339 e. The van der Waals surface area contributed by atoms with Crippen LogP contribution in [0.5, 0.6) is 5.75 Å². The quantitative estimate of drug-likeness (QED) is 0.640. The summed E-state index contributed by atoms with van der Waals surface area (Å²) in [7, 11) is 1.57. The van der Waals surface area contributed by atoms with Crippen molar-refractivity contribution in [1.29, 1.82) is 0 Å². The standard InChI is InChI=1S/C21H21ClN2O3/c1-26-20-13-21(25)27-19-7-2-15(12-18(19)20)14-23-8-10-24(11-9-23)17-5-3-16(22)4-6-17/h2-7,12-13H,8-11,14H2,1H3. The van der Waals surface area contributed by atoms with Crippen molar-refractivity contribution in [1.82, 2.24) is 4.90 Å². The number of fused-ring (bicyclic) bond motifs is 1. The highest BCUT2D eigenvalue weighted by molar-refractivity contribution is 6.30. The predicted molar refractivity (Wildman–Crippen MR) is 108 cm³/mol. The van der Waals surface area contributed by atoms with Gasteiger partial charge in [-0.25, -0.2) is 4.79 Å². The summed E-state index contributed by atoms with van der Waals surface area (Å²) in [6.45, 7) is 4.79. The Hall–Kier alpha value is -2.50. The van der Waals surface area contributed by atoms with E-state index < -0.39 is 5.63 Å². The molecular formula is C21H21ClN2O3. The van der Waals surface area contributed by atoms with Crippen LogP contribution in [0.15, 0.2) is 57.7 Å². The molecule has 6 heteroatoms. The largest absolute Gasteiger partial charge is 0.496 e. The zero-order valence-electron chi connectivity index (χ0n) is 15.2. The summed E-state index contributed by atoms with van der Waals surface area (Å²) in [6, 6.07) is 15.3. The Morgan fingerprint density at radius 2 is 1.78 bits per heavy atom. The summed E-state index contributed by atoms with van der Waals surface area (Å²) in [5, 5.41) is 1.59. The molecule has 5 nitrogen and oxygen atoms in total. The number of benzene rings is 2. The third-order valence-corrected chi connectivity index (χ3v) is 5.21. The molecule has 0 spiro atoms. The van der Waals surface area contributed by atoms with Gasteiger partial charge in [0.1, 0.15) is 11.3 Å². The lowest BCUT2D eigenvalue weighted by Crippen LogP contribution is -2.45. The first-order valence-corrected chi connectivity index (χ1v) is 9.34. The Bertz CT molecular complexity index is 992. The molecule has 1 fully saturated rings. The van der Waals surface area contributed by atoms with Gasteiger partial charge in [0.15, 0.2) is 0 Å². The van der Waals surface area contributed by atoms with E-state index in [1.54, 1.807) is 7.11 Å². The van der Waals surface area contributed by atoms with Crippen molar-refractivity contribution in [3.05, 3.63) is 69.5 Å². The summed E-state index contributed by atoms with van der Waals surface area (Å²) in [6.07, 6.45) is 0. The van der Waals surface area contributed by atoms with Crippen LogP contribution in [0.4, 0.5) is 5.69 Å². The zero-order chi connectivity index (χ0) is 18.8. The third-order valence-electron chi connectivity index (χ3n) is 4.96. The topological polar surface area (TPSA) is 45.9 Å². The second-order valence-electron chi connectivity index (χ2n) is 6.70. The molecule has 1 aromatic heterocycles. The molecule has 0 aliphatic carbocycles. The number of nitrogens with zero attached hydrogens (tertiary/aromatic N) is 2. The molecule has 1 aliphatic rings. The van der Waals surface area contributed by atoms with Crippen LogP contribution in [0.1, 0.15) is 5.56 Å². The minimum Gasteiger partial charge on any atom is -0.496 e. The van der Waals surface area contributed by atoms with Gasteiger partial charge in [0, 0.05) is 43.4 Å². The maximum atomic E-state index is 11.6. The van der Waals surface area contributed by atoms with Gasteiger partial charge >= 0.3 is 5.63 Å². The molecule has 0 saturated carbocycles. The van der Waals surface area contributed by atoms with E-state index in [0.717, 1.165) is 43.1 Å². The molecule has 140 valence electrons. The van der Waals surface area contributed by atoms with Crippen LogP contribution in [0.2, 0.25) is 5.02 Å². The molecule has 0 radical (unpaired) electrons. The van der Waals surface area contributed by atoms with Crippen molar-refractivity contribution < 1.29 is 9.15 Å². The molecule has 0 amide bonds. The number of ether oxygens (including phenoxy) is 1. The van der Waals surface area contributed by atoms with Crippen LogP contribution in [-0.2, 0) is 6.54 Å². The Labute approximate surface area is 162 Å². The fourth-order valence-electron chi connectivity index (χ4n) is 3.52. The second-order valence-corrected chi connectivity index (χ2v) is 7.14. The van der Waals surface area contributed by atoms with Crippen molar-refractivity contribution in [2.75, 3.05) is 38.2 Å². The van der Waals surface area contributed by atoms with Crippen molar-refractivity contribution >= 4 is 28.3 Å². The van der Waals surface area contributed by atoms with E-state index in [1.807, 2.05) is 30.3 Å². The fraction of sp³-hybridized carbons (Fsp3) is 0.286. The number of hydrogen-bond acceptors (Lipinski definition) is 5. The highest BCUT2D eigenvalue weighted by Crippen LogP contribution is 2.26. The van der Waals surface area contributed by atoms with E-state index in [4.69, 9.17) is 20.8 Å². The molecule has 1 saturated heterocycles. The van der Waals surface area contributed by atoms with Gasteiger partial charge in [-0.15, -0.1) is 0 Å². The van der Waals surface area contributed by atoms with Crippen LogP contribution in [0.25, 0.3) is 11.0 Å². The molecule has 2 aromatic carbocycles. The highest BCUT2D eigenvalue weighted by Gasteiger charge is 2.18. The smallest absolute Gasteiger partial charge is 0.339 e. The van der Waals surface area contributed by atoms with E-state index in [0.29, 0.717) is 11.3 Å². The summed E-state index contributed by atoms with van der Waals surface area (Å²) < 4.78 is 10.6. The molecule has 0 N–H and O–H groups in total. The molecule has 27 heavy (non-hydrogen) atoms. The Morgan fingerprint density at radius 1 is 1.04 bits per heavy atom. The third kappa shape index (κ3) is 3.94. The van der Waals surface area contributed by atoms with Crippen LogP contribution >= 0.6 is 11.6 Å². The molecule has 4 rings (SSSR count). The normalized spacial score (nSPS) is 15.3. The van der Waals surface area contributed by atoms with Gasteiger partial charge in [-0.05, 0) is 42.0 Å². The Kier molecular flexibility index (Phi) is 5.05. The first-order valence-electron chi connectivity index (χ1n) is 8.96. The number of halogens is 1. The Morgan fingerprint density at radius 3 is 2.48 bits per heavy atom. The summed E-state index contributed by atoms with van der Waals surface area (Å²) in [4.78, 5) is 16.4. The molecule has 1 aliphatic heterocycles. The Balaban J connectivity index is 1.45. The lowest BCUT2D eigenvalue weighted by Gasteiger charge is -2.36. The summed E-state index contributed by atoms with van der Waals surface area (Å²) in [5.41, 5.74) is 2.54. The van der Waals surface area contributed by atoms with E-state index in [2.05, 4.69) is 21.9 Å². The van der Waals surface area contributed by atoms with Gasteiger partial charge < -0.3 is 14.1 Å². The van der Waals surface area contributed by atoms with Gasteiger partial charge in [-0.3, -0.25) is 4.90 Å². The molecule has 0 atom stereocenters. The average Bonchev–Trinajstić information content (AvgIpc) is 2.69. The van der Waals surface area contributed by atoms with Crippen molar-refractivity contribution in [3.63, 3.8) is 0 Å². The van der Waals surface area contributed by atoms with Gasteiger partial charge in [0.2, 0.25) is 0 Å². The van der Waals surface area contributed by atoms with Crippen molar-refractivity contribution in [2.45, 2.75) is 6.54 Å². The monoisotopic (exact) mass is 384 g/mol. The van der Waals surface area contributed by atoms with Crippen molar-refractivity contribution in [3.8, 4) is 5.75 Å². The zero-order valence-corrected chi connectivity index (χ0v) is 15.9. The number of methoxy groups -OCH3 is 1. The van der Waals surface area contributed by atoms with E-state index in [9.17, 15) is 4.79 Å². The highest BCUT2D eigenvalue weighted by atomic mass is 35.5. The SMILES string of the molecule is COc1cc(=O)oc2ccc(CN3CCN(c4ccc(Cl)cc4)CC3)cc12. The number of rotatable bonds is 4. The number of hydrogen-bond donors (Lipinski definition) is 0. The maximum absolute atomic E-state index is 11.6. The summed E-state index contributed by atoms with van der Waals surface area (Å²) >= 11 is 5.98. The van der Waals surface area contributed by atoms with Gasteiger partial charge in [-0.1, -0.05) is 17.7 Å². The molecular weight excluding hydrogens is 364 g/mol. The average molecular weight is 385 g/mol. The molecule has 3 aromatic rings. The predicted octanol–water partition coefficient (Wildman–Crippen LogP) is 3.78. The number of piperazine rings is 1. The first-order chi connectivity index (χ1) is 13.1. The van der Waals surface area contributed by atoms with Crippen molar-refractivity contribution in [2.24, 2.45) is 0 Å². The van der Waals surface area contributed by atoms with E-state index in [-0.39, 0.29) is 0 Å². The van der Waals surface area contributed by atoms with Gasteiger partial charge in [-0.2, -0.15) is 0 Å². The molecule has 2 heterocycles. The van der Waals surface area contributed by atoms with Crippen LogP contribution in [0.3, 0.4) is 0 Å². The fourth-order valence-corrected chi connectivity index (χ4v) is 3.65. The van der Waals surface area contributed by atoms with Crippen LogP contribution < -0.4 is 15.3 Å². The van der Waals surface area contributed by atoms with Crippen LogP contribution in [0, 0.1) is 0 Å².